The highest BCUT2D eigenvalue weighted by Crippen LogP contribution is 2.13. The van der Waals surface area contributed by atoms with E-state index >= 15 is 0 Å². The Balaban J connectivity index is 3.15. The fourth-order valence-corrected chi connectivity index (χ4v) is 2.47. The zero-order valence-electron chi connectivity index (χ0n) is 12.7. The first-order valence-electron chi connectivity index (χ1n) is 8.14. The zero-order chi connectivity index (χ0) is 15.1. The SMILES string of the molecule is O=C(Cl)CCCCCCCCC(O)CCCCCCO. The Morgan fingerprint density at radius 1 is 0.800 bits per heavy atom. The summed E-state index contributed by atoms with van der Waals surface area (Å²) in [7, 11) is 0. The van der Waals surface area contributed by atoms with Crippen LogP contribution in [0.2, 0.25) is 0 Å². The zero-order valence-corrected chi connectivity index (χ0v) is 13.4. The Kier molecular flexibility index (Phi) is 15.2. The molecule has 0 aromatic carbocycles. The Labute approximate surface area is 128 Å². The summed E-state index contributed by atoms with van der Waals surface area (Å²) >= 11 is 5.27. The lowest BCUT2D eigenvalue weighted by atomic mass is 10.0. The van der Waals surface area contributed by atoms with E-state index in [-0.39, 0.29) is 18.0 Å². The van der Waals surface area contributed by atoms with Crippen LogP contribution in [0, 0.1) is 0 Å². The Bertz CT molecular complexity index is 222. The van der Waals surface area contributed by atoms with Crippen molar-refractivity contribution in [1.29, 1.82) is 0 Å². The molecule has 0 fully saturated rings. The number of rotatable bonds is 15. The molecule has 0 amide bonds. The molecule has 0 rings (SSSR count). The van der Waals surface area contributed by atoms with Crippen molar-refractivity contribution in [1.82, 2.24) is 0 Å². The highest BCUT2D eigenvalue weighted by molar-refractivity contribution is 6.63. The minimum absolute atomic E-state index is 0.155. The van der Waals surface area contributed by atoms with Gasteiger partial charge in [0.15, 0.2) is 0 Å². The van der Waals surface area contributed by atoms with Crippen LogP contribution in [0.15, 0.2) is 0 Å². The van der Waals surface area contributed by atoms with Gasteiger partial charge in [0.1, 0.15) is 0 Å². The number of halogens is 1. The third-order valence-corrected chi connectivity index (χ3v) is 3.80. The number of hydrogen-bond acceptors (Lipinski definition) is 3. The summed E-state index contributed by atoms with van der Waals surface area (Å²) in [5.41, 5.74) is 0. The van der Waals surface area contributed by atoms with Gasteiger partial charge in [0.25, 0.3) is 0 Å². The lowest BCUT2D eigenvalue weighted by Crippen LogP contribution is -2.06. The molecule has 0 aliphatic rings. The largest absolute Gasteiger partial charge is 0.396 e. The van der Waals surface area contributed by atoms with Crippen LogP contribution in [-0.4, -0.2) is 28.2 Å². The summed E-state index contributed by atoms with van der Waals surface area (Å²) in [6, 6.07) is 0. The van der Waals surface area contributed by atoms with E-state index in [9.17, 15) is 9.90 Å². The Hall–Kier alpha value is -0.120. The third kappa shape index (κ3) is 15.9. The molecule has 3 nitrogen and oxygen atoms in total. The summed E-state index contributed by atoms with van der Waals surface area (Å²) in [4.78, 5) is 10.5. The van der Waals surface area contributed by atoms with Gasteiger partial charge in [-0.2, -0.15) is 0 Å². The number of hydrogen-bond donors (Lipinski definition) is 2. The summed E-state index contributed by atoms with van der Waals surface area (Å²) in [5, 5.41) is 18.2. The van der Waals surface area contributed by atoms with Gasteiger partial charge in [-0.25, -0.2) is 0 Å². The summed E-state index contributed by atoms with van der Waals surface area (Å²) in [6.45, 7) is 0.279. The van der Waals surface area contributed by atoms with Gasteiger partial charge in [-0.05, 0) is 37.3 Å². The van der Waals surface area contributed by atoms with E-state index in [1.54, 1.807) is 0 Å². The Morgan fingerprint density at radius 2 is 1.25 bits per heavy atom. The van der Waals surface area contributed by atoms with Crippen molar-refractivity contribution in [3.05, 3.63) is 0 Å². The Morgan fingerprint density at radius 3 is 1.75 bits per heavy atom. The van der Waals surface area contributed by atoms with Crippen molar-refractivity contribution in [3.8, 4) is 0 Å². The second-order valence-electron chi connectivity index (χ2n) is 5.60. The van der Waals surface area contributed by atoms with Crippen molar-refractivity contribution < 1.29 is 15.0 Å². The van der Waals surface area contributed by atoms with Crippen LogP contribution in [0.1, 0.15) is 83.5 Å². The first kappa shape index (κ1) is 19.9. The van der Waals surface area contributed by atoms with E-state index < -0.39 is 0 Å². The van der Waals surface area contributed by atoms with Gasteiger partial charge >= 0.3 is 0 Å². The lowest BCUT2D eigenvalue weighted by Gasteiger charge is -2.10. The average molecular weight is 307 g/mol. The highest BCUT2D eigenvalue weighted by Gasteiger charge is 2.03. The standard InChI is InChI=1S/C16H31ClO3/c17-16(20)13-9-4-2-1-3-7-11-15(19)12-8-5-6-10-14-18/h15,18-19H,1-14H2. The number of aliphatic hydroxyl groups excluding tert-OH is 2. The van der Waals surface area contributed by atoms with Gasteiger partial charge in [-0.15, -0.1) is 0 Å². The number of aliphatic hydroxyl groups is 2. The van der Waals surface area contributed by atoms with Crippen LogP contribution in [0.4, 0.5) is 0 Å². The first-order chi connectivity index (χ1) is 9.66. The number of carbonyl (C=O) groups is 1. The normalized spacial score (nSPS) is 12.6. The fraction of sp³-hybridized carbons (Fsp3) is 0.938. The van der Waals surface area contributed by atoms with Crippen molar-refractivity contribution in [2.75, 3.05) is 6.61 Å². The molecule has 0 aromatic rings. The predicted octanol–water partition coefficient (Wildman–Crippen LogP) is 4.18. The predicted molar refractivity (Wildman–Crippen MR) is 84.0 cm³/mol. The smallest absolute Gasteiger partial charge is 0.221 e. The molecule has 20 heavy (non-hydrogen) atoms. The van der Waals surface area contributed by atoms with Crippen molar-refractivity contribution in [2.24, 2.45) is 0 Å². The molecule has 0 saturated carbocycles. The van der Waals surface area contributed by atoms with E-state index in [4.69, 9.17) is 16.7 Å². The maximum atomic E-state index is 10.5. The summed E-state index contributed by atoms with van der Waals surface area (Å²) in [6.07, 6.45) is 12.8. The van der Waals surface area contributed by atoms with Crippen molar-refractivity contribution in [3.63, 3.8) is 0 Å². The molecule has 0 bridgehead atoms. The highest BCUT2D eigenvalue weighted by atomic mass is 35.5. The number of carbonyl (C=O) groups excluding carboxylic acids is 1. The van der Waals surface area contributed by atoms with Gasteiger partial charge in [-0.1, -0.05) is 51.4 Å². The lowest BCUT2D eigenvalue weighted by molar-refractivity contribution is -0.111. The van der Waals surface area contributed by atoms with Crippen LogP contribution in [-0.2, 0) is 4.79 Å². The van der Waals surface area contributed by atoms with E-state index in [1.165, 1.54) is 6.42 Å². The van der Waals surface area contributed by atoms with Gasteiger partial charge in [-0.3, -0.25) is 4.79 Å². The van der Waals surface area contributed by atoms with E-state index in [1.807, 2.05) is 0 Å². The fourth-order valence-electron chi connectivity index (χ4n) is 2.34. The van der Waals surface area contributed by atoms with Gasteiger partial charge in [0, 0.05) is 13.0 Å². The molecule has 2 N–H and O–H groups in total. The van der Waals surface area contributed by atoms with Crippen LogP contribution in [0.3, 0.4) is 0 Å². The molecule has 120 valence electrons. The molecule has 0 aliphatic heterocycles. The monoisotopic (exact) mass is 306 g/mol. The molecular weight excluding hydrogens is 276 g/mol. The molecule has 0 aliphatic carbocycles. The van der Waals surface area contributed by atoms with Gasteiger partial charge in [0.2, 0.25) is 5.24 Å². The minimum atomic E-state index is -0.230. The van der Waals surface area contributed by atoms with Gasteiger partial charge < -0.3 is 10.2 Å². The van der Waals surface area contributed by atoms with E-state index in [0.29, 0.717) is 6.42 Å². The minimum Gasteiger partial charge on any atom is -0.396 e. The summed E-state index contributed by atoms with van der Waals surface area (Å²) in [5.74, 6) is 0. The second kappa shape index (κ2) is 15.3. The molecule has 0 aromatic heterocycles. The van der Waals surface area contributed by atoms with Crippen LogP contribution in [0.5, 0.6) is 0 Å². The summed E-state index contributed by atoms with van der Waals surface area (Å²) < 4.78 is 0. The molecule has 1 atom stereocenters. The molecule has 0 spiro atoms. The maximum Gasteiger partial charge on any atom is 0.221 e. The van der Waals surface area contributed by atoms with Crippen molar-refractivity contribution >= 4 is 16.8 Å². The topological polar surface area (TPSA) is 57.5 Å². The van der Waals surface area contributed by atoms with E-state index in [0.717, 1.165) is 70.6 Å². The molecule has 4 heteroatoms. The van der Waals surface area contributed by atoms with Crippen LogP contribution in [0.25, 0.3) is 0 Å². The average Bonchev–Trinajstić information content (AvgIpc) is 2.41. The molecule has 0 radical (unpaired) electrons. The van der Waals surface area contributed by atoms with Gasteiger partial charge in [0.05, 0.1) is 6.10 Å². The molecular formula is C16H31ClO3. The molecule has 1 unspecified atom stereocenters. The van der Waals surface area contributed by atoms with Crippen molar-refractivity contribution in [2.45, 2.75) is 89.6 Å². The molecule has 0 saturated heterocycles. The van der Waals surface area contributed by atoms with Crippen LogP contribution < -0.4 is 0 Å². The second-order valence-corrected chi connectivity index (χ2v) is 6.02. The van der Waals surface area contributed by atoms with Crippen LogP contribution >= 0.6 is 11.6 Å². The van der Waals surface area contributed by atoms with E-state index in [2.05, 4.69) is 0 Å². The first-order valence-corrected chi connectivity index (χ1v) is 8.52. The quantitative estimate of drug-likeness (QED) is 0.352. The third-order valence-electron chi connectivity index (χ3n) is 3.61. The molecule has 0 heterocycles. The maximum absolute atomic E-state index is 10.5. The number of unbranched alkanes of at least 4 members (excludes halogenated alkanes) is 8.